The second-order valence-corrected chi connectivity index (χ2v) is 4.73. The third-order valence-electron chi connectivity index (χ3n) is 2.25. The van der Waals surface area contributed by atoms with Crippen molar-refractivity contribution in [1.29, 1.82) is 0 Å². The lowest BCUT2D eigenvalue weighted by atomic mass is 10.1. The summed E-state index contributed by atoms with van der Waals surface area (Å²) in [4.78, 5) is 1.14. The molecule has 1 saturated carbocycles. The van der Waals surface area contributed by atoms with Crippen molar-refractivity contribution >= 4 is 11.8 Å². The molecule has 1 fully saturated rings. The lowest BCUT2D eigenvalue weighted by Crippen LogP contribution is -1.91. The Labute approximate surface area is 82.5 Å². The Hall–Kier alpha value is -0.500. The number of hydrogen-bond donors (Lipinski definition) is 0. The maximum absolute atomic E-state index is 13.3. The van der Waals surface area contributed by atoms with Crippen LogP contribution in [-0.4, -0.2) is 5.25 Å². The van der Waals surface area contributed by atoms with Crippen LogP contribution in [0, 0.1) is 5.82 Å². The highest BCUT2D eigenvalue weighted by Crippen LogP contribution is 2.40. The second kappa shape index (κ2) is 3.70. The minimum absolute atomic E-state index is 0.0480. The van der Waals surface area contributed by atoms with E-state index in [1.807, 2.05) is 24.8 Å². The number of rotatable bonds is 3. The molecule has 2 heteroatoms. The number of thioether (sulfide) groups is 1. The van der Waals surface area contributed by atoms with Crippen LogP contribution in [0.1, 0.15) is 25.3 Å². The molecule has 0 radical (unpaired) electrons. The molecule has 13 heavy (non-hydrogen) atoms. The number of benzene rings is 1. The molecular formula is C11H13FS. The maximum Gasteiger partial charge on any atom is 0.127 e. The van der Waals surface area contributed by atoms with E-state index in [0.717, 1.165) is 22.1 Å². The highest BCUT2D eigenvalue weighted by Gasteiger charge is 2.23. The lowest BCUT2D eigenvalue weighted by molar-refractivity contribution is 0.606. The van der Waals surface area contributed by atoms with E-state index in [-0.39, 0.29) is 5.82 Å². The van der Waals surface area contributed by atoms with Crippen molar-refractivity contribution in [2.45, 2.75) is 36.3 Å². The topological polar surface area (TPSA) is 0 Å². The minimum atomic E-state index is -0.0480. The van der Waals surface area contributed by atoms with E-state index in [1.165, 1.54) is 12.8 Å². The summed E-state index contributed by atoms with van der Waals surface area (Å²) in [6.07, 6.45) is 3.39. The van der Waals surface area contributed by atoms with E-state index in [1.54, 1.807) is 12.1 Å². The molecule has 0 N–H and O–H groups in total. The largest absolute Gasteiger partial charge is 0.207 e. The van der Waals surface area contributed by atoms with Gasteiger partial charge in [0.15, 0.2) is 0 Å². The van der Waals surface area contributed by atoms with E-state index in [4.69, 9.17) is 0 Å². The van der Waals surface area contributed by atoms with Gasteiger partial charge in [-0.25, -0.2) is 4.39 Å². The molecule has 1 aliphatic rings. The van der Waals surface area contributed by atoms with Gasteiger partial charge in [-0.05, 0) is 31.4 Å². The molecule has 0 atom stereocenters. The average Bonchev–Trinajstić information content (AvgIpc) is 2.89. The quantitative estimate of drug-likeness (QED) is 0.711. The fourth-order valence-electron chi connectivity index (χ4n) is 1.36. The summed E-state index contributed by atoms with van der Waals surface area (Å²) in [5, 5.41) is 0.757. The Kier molecular flexibility index (Phi) is 2.58. The third kappa shape index (κ3) is 2.05. The molecule has 0 heterocycles. The van der Waals surface area contributed by atoms with Gasteiger partial charge >= 0.3 is 0 Å². The summed E-state index contributed by atoms with van der Waals surface area (Å²) < 4.78 is 13.3. The van der Waals surface area contributed by atoms with Crippen molar-refractivity contribution in [3.05, 3.63) is 29.6 Å². The molecule has 0 bridgehead atoms. The van der Waals surface area contributed by atoms with Crippen molar-refractivity contribution < 1.29 is 4.39 Å². The highest BCUT2D eigenvalue weighted by molar-refractivity contribution is 8.00. The predicted molar refractivity (Wildman–Crippen MR) is 54.7 cm³/mol. The SMILES string of the molecule is CCc1c(F)cccc1SC1CC1. The van der Waals surface area contributed by atoms with Gasteiger partial charge in [0.05, 0.1) is 0 Å². The van der Waals surface area contributed by atoms with Crippen LogP contribution < -0.4 is 0 Å². The number of hydrogen-bond acceptors (Lipinski definition) is 1. The number of halogens is 1. The summed E-state index contributed by atoms with van der Waals surface area (Å²) in [5.41, 5.74) is 0.888. The van der Waals surface area contributed by atoms with Crippen LogP contribution in [0.3, 0.4) is 0 Å². The van der Waals surface area contributed by atoms with E-state index < -0.39 is 0 Å². The first-order valence-corrected chi connectivity index (χ1v) is 5.63. The lowest BCUT2D eigenvalue weighted by Gasteiger charge is -2.06. The standard InChI is InChI=1S/C11H13FS/c1-2-9-10(12)4-3-5-11(9)13-8-6-7-8/h3-5,8H,2,6-7H2,1H3. The third-order valence-corrected chi connectivity index (χ3v) is 3.69. The first kappa shape index (κ1) is 9.07. The van der Waals surface area contributed by atoms with Crippen molar-refractivity contribution in [3.63, 3.8) is 0 Å². The summed E-state index contributed by atoms with van der Waals surface area (Å²) in [7, 11) is 0. The highest BCUT2D eigenvalue weighted by atomic mass is 32.2. The summed E-state index contributed by atoms with van der Waals surface area (Å²) in [6.45, 7) is 2.01. The van der Waals surface area contributed by atoms with Crippen LogP contribution in [-0.2, 0) is 6.42 Å². The molecule has 0 spiro atoms. The van der Waals surface area contributed by atoms with Gasteiger partial charge in [-0.2, -0.15) is 0 Å². The van der Waals surface area contributed by atoms with Gasteiger partial charge in [-0.3, -0.25) is 0 Å². The zero-order chi connectivity index (χ0) is 9.26. The fraction of sp³-hybridized carbons (Fsp3) is 0.455. The van der Waals surface area contributed by atoms with Crippen molar-refractivity contribution in [3.8, 4) is 0 Å². The van der Waals surface area contributed by atoms with Gasteiger partial charge in [-0.15, -0.1) is 11.8 Å². The molecule has 0 aromatic heterocycles. The Morgan fingerprint density at radius 3 is 2.85 bits per heavy atom. The predicted octanol–water partition coefficient (Wildman–Crippen LogP) is 3.64. The minimum Gasteiger partial charge on any atom is -0.207 e. The molecule has 0 unspecified atom stereocenters. The molecule has 2 rings (SSSR count). The van der Waals surface area contributed by atoms with E-state index in [2.05, 4.69) is 0 Å². The average molecular weight is 196 g/mol. The van der Waals surface area contributed by atoms with Crippen LogP contribution in [0.15, 0.2) is 23.1 Å². The molecule has 0 nitrogen and oxygen atoms in total. The van der Waals surface area contributed by atoms with Gasteiger partial charge < -0.3 is 0 Å². The van der Waals surface area contributed by atoms with E-state index >= 15 is 0 Å². The zero-order valence-corrected chi connectivity index (χ0v) is 8.53. The van der Waals surface area contributed by atoms with Crippen LogP contribution in [0.5, 0.6) is 0 Å². The van der Waals surface area contributed by atoms with Gasteiger partial charge in [-0.1, -0.05) is 13.0 Å². The van der Waals surface area contributed by atoms with Gasteiger partial charge in [0.25, 0.3) is 0 Å². The van der Waals surface area contributed by atoms with Crippen LogP contribution >= 0.6 is 11.8 Å². The maximum atomic E-state index is 13.3. The van der Waals surface area contributed by atoms with Crippen LogP contribution in [0.2, 0.25) is 0 Å². The Morgan fingerprint density at radius 1 is 1.46 bits per heavy atom. The molecule has 0 saturated heterocycles. The Morgan fingerprint density at radius 2 is 2.23 bits per heavy atom. The molecule has 1 aromatic rings. The fourth-order valence-corrected chi connectivity index (χ4v) is 2.63. The Balaban J connectivity index is 2.25. The second-order valence-electron chi connectivity index (χ2n) is 3.39. The van der Waals surface area contributed by atoms with Gasteiger partial charge in [0.2, 0.25) is 0 Å². The van der Waals surface area contributed by atoms with Crippen molar-refractivity contribution in [2.75, 3.05) is 0 Å². The molecule has 0 aliphatic heterocycles. The molecule has 1 aromatic carbocycles. The zero-order valence-electron chi connectivity index (χ0n) is 7.72. The van der Waals surface area contributed by atoms with Gasteiger partial charge in [0, 0.05) is 15.7 Å². The summed E-state index contributed by atoms with van der Waals surface area (Å²) in [6, 6.07) is 5.39. The first-order valence-electron chi connectivity index (χ1n) is 4.75. The van der Waals surface area contributed by atoms with E-state index in [0.29, 0.717) is 0 Å². The van der Waals surface area contributed by atoms with Crippen LogP contribution in [0.25, 0.3) is 0 Å². The smallest absolute Gasteiger partial charge is 0.127 e. The normalized spacial score (nSPS) is 16.2. The van der Waals surface area contributed by atoms with E-state index in [9.17, 15) is 4.39 Å². The molecular weight excluding hydrogens is 183 g/mol. The summed E-state index contributed by atoms with van der Waals surface area (Å²) in [5.74, 6) is -0.0480. The van der Waals surface area contributed by atoms with Crippen molar-refractivity contribution in [1.82, 2.24) is 0 Å². The first-order chi connectivity index (χ1) is 6.31. The monoisotopic (exact) mass is 196 g/mol. The molecule has 0 amide bonds. The van der Waals surface area contributed by atoms with Crippen LogP contribution in [0.4, 0.5) is 4.39 Å². The molecule has 70 valence electrons. The Bertz CT molecular complexity index is 305. The summed E-state index contributed by atoms with van der Waals surface area (Å²) >= 11 is 1.83. The van der Waals surface area contributed by atoms with Gasteiger partial charge in [0.1, 0.15) is 5.82 Å². The van der Waals surface area contributed by atoms with Crippen molar-refractivity contribution in [2.24, 2.45) is 0 Å². The molecule has 1 aliphatic carbocycles.